The van der Waals surface area contributed by atoms with Gasteiger partial charge in [-0.05, 0) is 63.8 Å². The third-order valence-electron chi connectivity index (χ3n) is 4.71. The first-order chi connectivity index (χ1) is 13.4. The summed E-state index contributed by atoms with van der Waals surface area (Å²) in [7, 11) is 0. The highest BCUT2D eigenvalue weighted by Crippen LogP contribution is 2.21. The van der Waals surface area contributed by atoms with E-state index in [1.807, 2.05) is 19.9 Å². The van der Waals surface area contributed by atoms with Gasteiger partial charge in [-0.3, -0.25) is 0 Å². The third kappa shape index (κ3) is 5.34. The van der Waals surface area contributed by atoms with E-state index in [2.05, 4.69) is 52.6 Å². The molecule has 1 fully saturated rings. The molecule has 0 atom stereocenters. The average molecular weight is 383 g/mol. The molecule has 7 heteroatoms. The molecule has 2 N–H and O–H groups in total. The summed E-state index contributed by atoms with van der Waals surface area (Å²) < 4.78 is 5.08. The van der Waals surface area contributed by atoms with Crippen LogP contribution in [0.2, 0.25) is 0 Å². The number of amides is 1. The van der Waals surface area contributed by atoms with Crippen LogP contribution in [-0.2, 0) is 4.74 Å². The number of likely N-dealkylation sites (tertiary alicyclic amines) is 1. The molecule has 1 aromatic carbocycles. The highest BCUT2D eigenvalue weighted by atomic mass is 16.6. The van der Waals surface area contributed by atoms with E-state index in [4.69, 9.17) is 4.74 Å². The van der Waals surface area contributed by atoms with Crippen LogP contribution >= 0.6 is 0 Å². The van der Waals surface area contributed by atoms with Gasteiger partial charge in [-0.15, -0.1) is 0 Å². The Morgan fingerprint density at radius 3 is 2.43 bits per heavy atom. The first-order valence-electron chi connectivity index (χ1n) is 9.82. The summed E-state index contributed by atoms with van der Waals surface area (Å²) in [4.78, 5) is 22.7. The van der Waals surface area contributed by atoms with E-state index in [1.165, 1.54) is 11.1 Å². The molecular weight excluding hydrogens is 354 g/mol. The number of piperidine rings is 1. The second-order valence-corrected chi connectivity index (χ2v) is 7.32. The number of aryl methyl sites for hydroxylation is 3. The molecule has 2 heterocycles. The molecule has 28 heavy (non-hydrogen) atoms. The molecule has 0 unspecified atom stereocenters. The van der Waals surface area contributed by atoms with Gasteiger partial charge in [0.1, 0.15) is 5.82 Å². The van der Waals surface area contributed by atoms with Crippen molar-refractivity contribution in [2.75, 3.05) is 30.3 Å². The number of carbonyl (C=O) groups excluding carboxylic acids is 1. The van der Waals surface area contributed by atoms with Gasteiger partial charge in [0.25, 0.3) is 0 Å². The van der Waals surface area contributed by atoms with Gasteiger partial charge in [0.2, 0.25) is 5.95 Å². The first kappa shape index (κ1) is 19.9. The van der Waals surface area contributed by atoms with Crippen LogP contribution in [0.25, 0.3) is 0 Å². The summed E-state index contributed by atoms with van der Waals surface area (Å²) in [5.41, 5.74) is 4.27. The summed E-state index contributed by atoms with van der Waals surface area (Å²) in [6.07, 6.45) is 1.50. The van der Waals surface area contributed by atoms with Crippen molar-refractivity contribution in [3.8, 4) is 0 Å². The van der Waals surface area contributed by atoms with Crippen LogP contribution in [-0.4, -0.2) is 46.7 Å². The molecule has 0 saturated carbocycles. The summed E-state index contributed by atoms with van der Waals surface area (Å²) in [6, 6.07) is 8.52. The van der Waals surface area contributed by atoms with Crippen LogP contribution in [0.15, 0.2) is 24.3 Å². The van der Waals surface area contributed by atoms with Gasteiger partial charge >= 0.3 is 6.09 Å². The third-order valence-corrected chi connectivity index (χ3v) is 4.71. The molecule has 150 valence electrons. The smallest absolute Gasteiger partial charge is 0.409 e. The minimum atomic E-state index is -0.223. The zero-order chi connectivity index (χ0) is 20.1. The fourth-order valence-electron chi connectivity index (χ4n) is 3.50. The molecule has 1 saturated heterocycles. The molecule has 0 bridgehead atoms. The van der Waals surface area contributed by atoms with Crippen LogP contribution in [0.5, 0.6) is 0 Å². The van der Waals surface area contributed by atoms with Gasteiger partial charge < -0.3 is 20.3 Å². The number of hydrogen-bond acceptors (Lipinski definition) is 6. The summed E-state index contributed by atoms with van der Waals surface area (Å²) >= 11 is 0. The molecule has 0 radical (unpaired) electrons. The Labute approximate surface area is 166 Å². The lowest BCUT2D eigenvalue weighted by molar-refractivity contribution is 0.0983. The molecule has 3 rings (SSSR count). The lowest BCUT2D eigenvalue weighted by Gasteiger charge is -2.31. The molecule has 2 aromatic rings. The minimum absolute atomic E-state index is 0.223. The lowest BCUT2D eigenvalue weighted by atomic mass is 10.1. The maximum atomic E-state index is 11.8. The van der Waals surface area contributed by atoms with Gasteiger partial charge in [-0.1, -0.05) is 6.07 Å². The van der Waals surface area contributed by atoms with Crippen LogP contribution < -0.4 is 10.6 Å². The fraction of sp³-hybridized carbons (Fsp3) is 0.476. The van der Waals surface area contributed by atoms with Gasteiger partial charge in [0.15, 0.2) is 0 Å². The Balaban J connectivity index is 1.63. The fourth-order valence-corrected chi connectivity index (χ4v) is 3.50. The van der Waals surface area contributed by atoms with Crippen LogP contribution in [0.4, 0.5) is 22.2 Å². The number of anilines is 3. The topological polar surface area (TPSA) is 79.4 Å². The van der Waals surface area contributed by atoms with Gasteiger partial charge in [-0.25, -0.2) is 9.78 Å². The van der Waals surface area contributed by atoms with E-state index < -0.39 is 0 Å². The van der Waals surface area contributed by atoms with Crippen molar-refractivity contribution in [3.05, 3.63) is 41.1 Å². The molecule has 7 nitrogen and oxygen atoms in total. The maximum absolute atomic E-state index is 11.8. The molecule has 0 aliphatic carbocycles. The molecule has 1 aliphatic heterocycles. The molecule has 1 amide bonds. The predicted molar refractivity (Wildman–Crippen MR) is 111 cm³/mol. The van der Waals surface area contributed by atoms with Crippen LogP contribution in [0.1, 0.15) is 36.6 Å². The molecular formula is C21H29N5O2. The van der Waals surface area contributed by atoms with Crippen LogP contribution in [0.3, 0.4) is 0 Å². The Kier molecular flexibility index (Phi) is 6.34. The largest absolute Gasteiger partial charge is 0.450 e. The van der Waals surface area contributed by atoms with Crippen molar-refractivity contribution in [2.24, 2.45) is 0 Å². The van der Waals surface area contributed by atoms with E-state index in [-0.39, 0.29) is 12.1 Å². The summed E-state index contributed by atoms with van der Waals surface area (Å²) in [5.74, 6) is 1.38. The van der Waals surface area contributed by atoms with Crippen molar-refractivity contribution in [3.63, 3.8) is 0 Å². The Hall–Kier alpha value is -2.83. The highest BCUT2D eigenvalue weighted by Gasteiger charge is 2.23. The number of hydrogen-bond donors (Lipinski definition) is 2. The number of carbonyl (C=O) groups is 1. The molecule has 1 aliphatic rings. The summed E-state index contributed by atoms with van der Waals surface area (Å²) in [6.45, 7) is 9.72. The Bertz CT molecular complexity index is 811. The number of rotatable bonds is 5. The number of ether oxygens (including phenoxy) is 1. The predicted octanol–water partition coefficient (Wildman–Crippen LogP) is 4.18. The second-order valence-electron chi connectivity index (χ2n) is 7.32. The SMILES string of the molecule is CCOC(=O)N1CCC(Nc2cc(C)nc(Nc3cc(C)cc(C)c3)n2)CC1. The first-order valence-corrected chi connectivity index (χ1v) is 9.82. The second kappa shape index (κ2) is 8.91. The van der Waals surface area contributed by atoms with Crippen molar-refractivity contribution in [1.29, 1.82) is 0 Å². The van der Waals surface area contributed by atoms with E-state index in [9.17, 15) is 4.79 Å². The average Bonchev–Trinajstić information content (AvgIpc) is 2.61. The Morgan fingerprint density at radius 2 is 1.79 bits per heavy atom. The Morgan fingerprint density at radius 1 is 1.11 bits per heavy atom. The van der Waals surface area contributed by atoms with E-state index in [0.29, 0.717) is 25.6 Å². The summed E-state index contributed by atoms with van der Waals surface area (Å²) in [5, 5.41) is 6.80. The van der Waals surface area contributed by atoms with Gasteiger partial charge in [-0.2, -0.15) is 4.98 Å². The van der Waals surface area contributed by atoms with Crippen molar-refractivity contribution in [2.45, 2.75) is 46.6 Å². The van der Waals surface area contributed by atoms with Gasteiger partial charge in [0.05, 0.1) is 6.61 Å². The van der Waals surface area contributed by atoms with E-state index in [1.54, 1.807) is 4.90 Å². The van der Waals surface area contributed by atoms with E-state index in [0.717, 1.165) is 30.0 Å². The number of nitrogens with zero attached hydrogens (tertiary/aromatic N) is 3. The van der Waals surface area contributed by atoms with Crippen LogP contribution in [0, 0.1) is 20.8 Å². The lowest BCUT2D eigenvalue weighted by Crippen LogP contribution is -2.42. The van der Waals surface area contributed by atoms with Crippen molar-refractivity contribution >= 4 is 23.5 Å². The maximum Gasteiger partial charge on any atom is 0.409 e. The molecule has 0 spiro atoms. The monoisotopic (exact) mass is 383 g/mol. The zero-order valence-electron chi connectivity index (χ0n) is 17.1. The minimum Gasteiger partial charge on any atom is -0.450 e. The number of nitrogens with one attached hydrogen (secondary N) is 2. The van der Waals surface area contributed by atoms with Gasteiger partial charge in [0, 0.05) is 36.6 Å². The van der Waals surface area contributed by atoms with E-state index >= 15 is 0 Å². The van der Waals surface area contributed by atoms with Crippen molar-refractivity contribution in [1.82, 2.24) is 14.9 Å². The van der Waals surface area contributed by atoms with Crippen molar-refractivity contribution < 1.29 is 9.53 Å². The normalized spacial score (nSPS) is 14.6. The molecule has 1 aromatic heterocycles. The quantitative estimate of drug-likeness (QED) is 0.806. The standard InChI is InChI=1S/C21H29N5O2/c1-5-28-21(27)26-8-6-17(7-9-26)23-19-13-16(4)22-20(25-19)24-18-11-14(2)10-15(3)12-18/h10-13,17H,5-9H2,1-4H3,(H2,22,23,24,25). The zero-order valence-corrected chi connectivity index (χ0v) is 17.1. The highest BCUT2D eigenvalue weighted by molar-refractivity contribution is 5.67. The number of aromatic nitrogens is 2. The number of benzene rings is 1.